The van der Waals surface area contributed by atoms with Gasteiger partial charge in [-0.1, -0.05) is 0 Å². The zero-order chi connectivity index (χ0) is 19.6. The van der Waals surface area contributed by atoms with Gasteiger partial charge in [0, 0.05) is 34.3 Å². The van der Waals surface area contributed by atoms with Gasteiger partial charge in [-0.05, 0) is 58.1 Å². The molecule has 2 heterocycles. The Hall–Kier alpha value is -1.92. The molecule has 0 amide bonds. The van der Waals surface area contributed by atoms with E-state index in [1.54, 1.807) is 18.4 Å². The topological polar surface area (TPSA) is 57.5 Å². The third-order valence-electron chi connectivity index (χ3n) is 5.25. The van der Waals surface area contributed by atoms with Crippen LogP contribution in [0.3, 0.4) is 0 Å². The molecule has 0 N–H and O–H groups in total. The molecule has 0 saturated heterocycles. The Labute approximate surface area is 164 Å². The molecule has 3 rings (SSSR count). The van der Waals surface area contributed by atoms with E-state index < -0.39 is 0 Å². The highest BCUT2D eigenvalue weighted by atomic mass is 32.1. The third-order valence-corrected chi connectivity index (χ3v) is 6.34. The molecule has 0 aliphatic heterocycles. The van der Waals surface area contributed by atoms with Crippen LogP contribution in [0, 0.1) is 13.8 Å². The van der Waals surface area contributed by atoms with Gasteiger partial charge >= 0.3 is 5.97 Å². The second-order valence-electron chi connectivity index (χ2n) is 7.22. The Morgan fingerprint density at radius 1 is 1.22 bits per heavy atom. The van der Waals surface area contributed by atoms with Crippen molar-refractivity contribution in [3.63, 3.8) is 0 Å². The van der Waals surface area contributed by atoms with Crippen molar-refractivity contribution >= 4 is 23.1 Å². The lowest BCUT2D eigenvalue weighted by Gasteiger charge is -2.17. The minimum Gasteiger partial charge on any atom is -0.454 e. The van der Waals surface area contributed by atoms with Gasteiger partial charge in [0.05, 0.1) is 18.2 Å². The monoisotopic (exact) mass is 389 g/mol. The van der Waals surface area contributed by atoms with Crippen LogP contribution in [0.4, 0.5) is 0 Å². The van der Waals surface area contributed by atoms with E-state index in [-0.39, 0.29) is 24.4 Å². The van der Waals surface area contributed by atoms with Crippen LogP contribution < -0.4 is 0 Å². The van der Waals surface area contributed by atoms with Crippen LogP contribution in [0.2, 0.25) is 0 Å². The fourth-order valence-electron chi connectivity index (χ4n) is 4.01. The third kappa shape index (κ3) is 4.01. The number of aryl methyl sites for hydroxylation is 2. The maximum atomic E-state index is 12.7. The summed E-state index contributed by atoms with van der Waals surface area (Å²) in [7, 11) is 1.67. The first-order chi connectivity index (χ1) is 12.9. The molecule has 1 unspecified atom stereocenters. The molecule has 146 valence electrons. The summed E-state index contributed by atoms with van der Waals surface area (Å²) >= 11 is 1.63. The minimum atomic E-state index is -0.385. The predicted octanol–water partition coefficient (Wildman–Crippen LogP) is 4.29. The smallest absolute Gasteiger partial charge is 0.339 e. The molecule has 5 nitrogen and oxygen atoms in total. The van der Waals surface area contributed by atoms with E-state index >= 15 is 0 Å². The Balaban J connectivity index is 1.68. The second-order valence-corrected chi connectivity index (χ2v) is 8.18. The largest absolute Gasteiger partial charge is 0.454 e. The molecule has 1 aliphatic rings. The number of thiophene rings is 1. The van der Waals surface area contributed by atoms with E-state index in [2.05, 4.69) is 11.5 Å². The number of Topliss-reactive ketones (excluding diaryl/α,β-unsaturated/α-hetero) is 1. The fraction of sp³-hybridized carbons (Fsp3) is 0.524. The molecule has 0 aromatic carbocycles. The molecule has 0 bridgehead atoms. The van der Waals surface area contributed by atoms with E-state index in [0.717, 1.165) is 36.2 Å². The van der Waals surface area contributed by atoms with Crippen molar-refractivity contribution in [2.24, 2.45) is 0 Å². The van der Waals surface area contributed by atoms with E-state index in [4.69, 9.17) is 9.47 Å². The van der Waals surface area contributed by atoms with Crippen molar-refractivity contribution < 1.29 is 19.1 Å². The Morgan fingerprint density at radius 2 is 1.96 bits per heavy atom. The highest BCUT2D eigenvalue weighted by molar-refractivity contribution is 7.10. The summed E-state index contributed by atoms with van der Waals surface area (Å²) in [6.45, 7) is 6.29. The normalized spacial score (nSPS) is 14.7. The summed E-state index contributed by atoms with van der Waals surface area (Å²) in [5.74, 6) is -0.555. The van der Waals surface area contributed by atoms with Gasteiger partial charge in [0.2, 0.25) is 5.78 Å². The lowest BCUT2D eigenvalue weighted by Crippen LogP contribution is -2.17. The molecule has 0 spiro atoms. The molecule has 0 radical (unpaired) electrons. The van der Waals surface area contributed by atoms with Crippen LogP contribution in [-0.4, -0.2) is 36.6 Å². The zero-order valence-corrected chi connectivity index (χ0v) is 17.3. The van der Waals surface area contributed by atoms with Gasteiger partial charge in [0.1, 0.15) is 0 Å². The number of carbonyl (C=O) groups is 2. The number of aromatic nitrogens is 1. The number of methoxy groups -OCH3 is 1. The van der Waals surface area contributed by atoms with Gasteiger partial charge in [-0.25, -0.2) is 4.79 Å². The summed E-state index contributed by atoms with van der Waals surface area (Å²) in [6.07, 6.45) is 4.25. The maximum absolute atomic E-state index is 12.7. The summed E-state index contributed by atoms with van der Waals surface area (Å²) in [5, 5.41) is 1.88. The molecule has 27 heavy (non-hydrogen) atoms. The van der Waals surface area contributed by atoms with E-state index in [0.29, 0.717) is 17.7 Å². The van der Waals surface area contributed by atoms with Crippen LogP contribution in [0.1, 0.15) is 68.4 Å². The summed E-state index contributed by atoms with van der Waals surface area (Å²) in [5.41, 5.74) is 4.25. The number of esters is 1. The number of rotatable bonds is 7. The summed E-state index contributed by atoms with van der Waals surface area (Å²) < 4.78 is 12.7. The summed E-state index contributed by atoms with van der Waals surface area (Å²) in [6, 6.07) is 2.00. The lowest BCUT2D eigenvalue weighted by atomic mass is 9.96. The first-order valence-corrected chi connectivity index (χ1v) is 10.3. The molecular weight excluding hydrogens is 362 g/mol. The lowest BCUT2D eigenvalue weighted by molar-refractivity contribution is 0.0473. The van der Waals surface area contributed by atoms with Crippen LogP contribution in [0.15, 0.2) is 11.4 Å². The predicted molar refractivity (Wildman–Crippen MR) is 106 cm³/mol. The van der Waals surface area contributed by atoms with E-state index in [1.807, 2.05) is 25.3 Å². The number of nitrogens with zero attached hydrogens (tertiary/aromatic N) is 1. The Morgan fingerprint density at radius 3 is 2.70 bits per heavy atom. The minimum absolute atomic E-state index is 0.136. The molecule has 2 aromatic rings. The molecule has 2 aromatic heterocycles. The van der Waals surface area contributed by atoms with E-state index in [9.17, 15) is 9.59 Å². The average molecular weight is 390 g/mol. The second kappa shape index (κ2) is 8.40. The molecule has 6 heteroatoms. The molecule has 1 atom stereocenters. The fourth-order valence-corrected chi connectivity index (χ4v) is 5.12. The van der Waals surface area contributed by atoms with Gasteiger partial charge in [-0.3, -0.25) is 4.79 Å². The number of ether oxygens (including phenoxy) is 2. The van der Waals surface area contributed by atoms with Gasteiger partial charge in [-0.2, -0.15) is 0 Å². The van der Waals surface area contributed by atoms with Crippen molar-refractivity contribution in [3.8, 4) is 0 Å². The van der Waals surface area contributed by atoms with Crippen LogP contribution in [0.5, 0.6) is 0 Å². The van der Waals surface area contributed by atoms with Gasteiger partial charge < -0.3 is 14.0 Å². The van der Waals surface area contributed by atoms with E-state index in [1.165, 1.54) is 11.3 Å². The first kappa shape index (κ1) is 19.8. The number of ketones is 1. The highest BCUT2D eigenvalue weighted by Crippen LogP contribution is 2.30. The van der Waals surface area contributed by atoms with Crippen molar-refractivity contribution in [2.45, 2.75) is 52.5 Å². The molecule has 1 aliphatic carbocycles. The maximum Gasteiger partial charge on any atom is 0.339 e. The average Bonchev–Trinajstić information content (AvgIpc) is 3.20. The zero-order valence-electron chi connectivity index (χ0n) is 16.5. The molecule has 0 fully saturated rings. The van der Waals surface area contributed by atoms with Crippen molar-refractivity contribution in [2.75, 3.05) is 20.3 Å². The number of hydrogen-bond acceptors (Lipinski definition) is 5. The molecular formula is C21H27NO4S. The standard InChI is InChI=1S/C21H27NO4S/c1-13-9-17(15(3)22(13)14(2)10-25-4)19(23)11-26-21(24)18-12-27-20-8-6-5-7-16(18)20/h9,12,14H,5-8,10-11H2,1-4H3. The summed E-state index contributed by atoms with van der Waals surface area (Å²) in [4.78, 5) is 26.4. The van der Waals surface area contributed by atoms with Crippen molar-refractivity contribution in [3.05, 3.63) is 44.4 Å². The van der Waals surface area contributed by atoms with Crippen LogP contribution in [-0.2, 0) is 22.3 Å². The van der Waals surface area contributed by atoms with Crippen LogP contribution >= 0.6 is 11.3 Å². The van der Waals surface area contributed by atoms with Gasteiger partial charge in [-0.15, -0.1) is 11.3 Å². The number of hydrogen-bond donors (Lipinski definition) is 0. The SMILES string of the molecule is COCC(C)n1c(C)cc(C(=O)COC(=O)c2csc3c2CCCC3)c1C. The highest BCUT2D eigenvalue weighted by Gasteiger charge is 2.23. The van der Waals surface area contributed by atoms with Crippen molar-refractivity contribution in [1.82, 2.24) is 4.57 Å². The van der Waals surface area contributed by atoms with Crippen LogP contribution in [0.25, 0.3) is 0 Å². The van der Waals surface area contributed by atoms with Gasteiger partial charge in [0.25, 0.3) is 0 Å². The molecule has 0 saturated carbocycles. The van der Waals surface area contributed by atoms with Gasteiger partial charge in [0.15, 0.2) is 6.61 Å². The first-order valence-electron chi connectivity index (χ1n) is 9.41. The number of fused-ring (bicyclic) bond motifs is 1. The Kier molecular flexibility index (Phi) is 6.17. The number of carbonyl (C=O) groups excluding carboxylic acids is 2. The Bertz CT molecular complexity index is 849. The van der Waals surface area contributed by atoms with Crippen molar-refractivity contribution in [1.29, 1.82) is 0 Å². The quantitative estimate of drug-likeness (QED) is 0.523.